The predicted octanol–water partition coefficient (Wildman–Crippen LogP) is 3.72. The molecule has 1 aromatic rings. The van der Waals surface area contributed by atoms with E-state index in [0.29, 0.717) is 12.8 Å². The molecule has 3 rings (SSSR count). The number of nitrogens with zero attached hydrogens (tertiary/aromatic N) is 1. The molecule has 0 aromatic carbocycles. The fourth-order valence-electron chi connectivity index (χ4n) is 3.97. The maximum absolute atomic E-state index is 12.1. The van der Waals surface area contributed by atoms with Gasteiger partial charge in [-0.2, -0.15) is 0 Å². The maximum Gasteiger partial charge on any atom is 0.508 e. The zero-order valence-electron chi connectivity index (χ0n) is 17.2. The Labute approximate surface area is 176 Å². The SMILES string of the molecule is C[C@H]1CCC/C=C\[C@@H]2C[C@H](OC(=O)OCc3cccnc3)C[C@H]2[C@H](O)/C=C\C(=O)O1. The summed E-state index contributed by atoms with van der Waals surface area (Å²) >= 11 is 0. The molecule has 0 saturated heterocycles. The van der Waals surface area contributed by atoms with Crippen molar-refractivity contribution in [2.24, 2.45) is 11.8 Å². The van der Waals surface area contributed by atoms with E-state index in [0.717, 1.165) is 24.8 Å². The van der Waals surface area contributed by atoms with Crippen molar-refractivity contribution in [3.8, 4) is 0 Å². The average molecular weight is 415 g/mol. The summed E-state index contributed by atoms with van der Waals surface area (Å²) in [6, 6.07) is 3.59. The number of esters is 1. The molecule has 0 radical (unpaired) electrons. The molecule has 1 aromatic heterocycles. The average Bonchev–Trinajstić information content (AvgIpc) is 3.13. The first-order valence-electron chi connectivity index (χ1n) is 10.5. The second-order valence-electron chi connectivity index (χ2n) is 7.90. The number of hydrogen-bond acceptors (Lipinski definition) is 7. The number of pyridine rings is 1. The number of aliphatic hydroxyl groups is 1. The number of fused-ring (bicyclic) bond motifs is 1. The van der Waals surface area contributed by atoms with E-state index in [1.54, 1.807) is 18.5 Å². The van der Waals surface area contributed by atoms with Gasteiger partial charge in [-0.3, -0.25) is 4.98 Å². The van der Waals surface area contributed by atoms with Crippen LogP contribution in [0, 0.1) is 11.8 Å². The number of aliphatic hydroxyl groups excluding tert-OH is 1. The third kappa shape index (κ3) is 6.69. The van der Waals surface area contributed by atoms with Gasteiger partial charge in [-0.05, 0) is 63.0 Å². The second kappa shape index (κ2) is 10.9. The van der Waals surface area contributed by atoms with Crippen molar-refractivity contribution < 1.29 is 28.9 Å². The minimum Gasteiger partial charge on any atom is -0.460 e. The van der Waals surface area contributed by atoms with E-state index in [9.17, 15) is 14.7 Å². The van der Waals surface area contributed by atoms with Gasteiger partial charge in [-0.1, -0.05) is 18.2 Å². The number of hydrogen-bond donors (Lipinski definition) is 1. The van der Waals surface area contributed by atoms with E-state index in [1.165, 1.54) is 12.2 Å². The Morgan fingerprint density at radius 3 is 3.00 bits per heavy atom. The minimum atomic E-state index is -0.830. The maximum atomic E-state index is 12.1. The van der Waals surface area contributed by atoms with E-state index in [-0.39, 0.29) is 30.7 Å². The predicted molar refractivity (Wildman–Crippen MR) is 109 cm³/mol. The zero-order valence-corrected chi connectivity index (χ0v) is 17.2. The zero-order chi connectivity index (χ0) is 21.3. The summed E-state index contributed by atoms with van der Waals surface area (Å²) in [6.07, 6.45) is 11.8. The Kier molecular flexibility index (Phi) is 8.02. The molecule has 0 bridgehead atoms. The standard InChI is InChI=1S/C23H29NO6/c1-16-6-3-2-4-8-18-12-19(13-20(18)21(25)9-10-22(26)29-16)30-23(27)28-15-17-7-5-11-24-14-17/h4-5,7-11,14,16,18-21,25H,2-3,6,12-13,15H2,1H3/b8-4-,10-9-/t16-,18+,19-,20+,21+/m0/s1. The Hall–Kier alpha value is -2.67. The van der Waals surface area contributed by atoms with Crippen LogP contribution < -0.4 is 0 Å². The fourth-order valence-corrected chi connectivity index (χ4v) is 3.97. The van der Waals surface area contributed by atoms with Gasteiger partial charge in [0.15, 0.2) is 0 Å². The number of allylic oxidation sites excluding steroid dienone is 2. The lowest BCUT2D eigenvalue weighted by Gasteiger charge is -2.19. The molecule has 0 spiro atoms. The molecule has 30 heavy (non-hydrogen) atoms. The van der Waals surface area contributed by atoms with E-state index >= 15 is 0 Å². The Morgan fingerprint density at radius 2 is 2.20 bits per heavy atom. The van der Waals surface area contributed by atoms with Gasteiger partial charge < -0.3 is 19.3 Å². The molecule has 5 atom stereocenters. The van der Waals surface area contributed by atoms with Gasteiger partial charge in [-0.25, -0.2) is 9.59 Å². The molecule has 7 nitrogen and oxygen atoms in total. The fraction of sp³-hybridized carbons (Fsp3) is 0.522. The molecular weight excluding hydrogens is 386 g/mol. The van der Waals surface area contributed by atoms with E-state index < -0.39 is 18.2 Å². The summed E-state index contributed by atoms with van der Waals surface area (Å²) in [7, 11) is 0. The highest BCUT2D eigenvalue weighted by Gasteiger charge is 2.38. The number of carbonyl (C=O) groups excluding carboxylic acids is 2. The lowest BCUT2D eigenvalue weighted by Crippen LogP contribution is -2.22. The van der Waals surface area contributed by atoms with Gasteiger partial charge in [0.05, 0.1) is 12.2 Å². The lowest BCUT2D eigenvalue weighted by molar-refractivity contribution is -0.142. The normalized spacial score (nSPS) is 31.8. The molecule has 2 heterocycles. The summed E-state index contributed by atoms with van der Waals surface area (Å²) in [5.41, 5.74) is 0.780. The van der Waals surface area contributed by atoms with Gasteiger partial charge in [0, 0.05) is 24.0 Å². The summed E-state index contributed by atoms with van der Waals surface area (Å²) in [5, 5.41) is 10.6. The quantitative estimate of drug-likeness (QED) is 0.594. The first kappa shape index (κ1) is 22.0. The molecule has 2 aliphatic rings. The number of carbonyl (C=O) groups is 2. The van der Waals surface area contributed by atoms with Crippen LogP contribution in [0.25, 0.3) is 0 Å². The van der Waals surface area contributed by atoms with Gasteiger partial charge in [-0.15, -0.1) is 0 Å². The van der Waals surface area contributed by atoms with Gasteiger partial charge in [0.2, 0.25) is 0 Å². The molecule has 1 fully saturated rings. The van der Waals surface area contributed by atoms with Gasteiger partial charge >= 0.3 is 12.1 Å². The number of ether oxygens (including phenoxy) is 3. The number of aromatic nitrogens is 1. The first-order chi connectivity index (χ1) is 14.5. The van der Waals surface area contributed by atoms with Crippen LogP contribution in [0.5, 0.6) is 0 Å². The highest BCUT2D eigenvalue weighted by molar-refractivity contribution is 5.82. The molecule has 1 aliphatic heterocycles. The molecule has 7 heteroatoms. The van der Waals surface area contributed by atoms with Gasteiger partial charge in [0.25, 0.3) is 0 Å². The molecule has 1 aliphatic carbocycles. The highest BCUT2D eigenvalue weighted by atomic mass is 16.7. The van der Waals surface area contributed by atoms with Crippen LogP contribution in [0.15, 0.2) is 48.8 Å². The van der Waals surface area contributed by atoms with Crippen molar-refractivity contribution in [3.05, 3.63) is 54.4 Å². The highest BCUT2D eigenvalue weighted by Crippen LogP contribution is 2.38. The van der Waals surface area contributed by atoms with Crippen molar-refractivity contribution in [1.82, 2.24) is 4.98 Å². The topological polar surface area (TPSA) is 95.0 Å². The molecule has 1 N–H and O–H groups in total. The van der Waals surface area contributed by atoms with E-state index in [2.05, 4.69) is 17.1 Å². The van der Waals surface area contributed by atoms with Crippen molar-refractivity contribution in [2.45, 2.75) is 63.9 Å². The van der Waals surface area contributed by atoms with Crippen molar-refractivity contribution >= 4 is 12.1 Å². The smallest absolute Gasteiger partial charge is 0.460 e. The van der Waals surface area contributed by atoms with Crippen molar-refractivity contribution in [1.29, 1.82) is 0 Å². The first-order valence-corrected chi connectivity index (χ1v) is 10.5. The van der Waals surface area contributed by atoms with E-state index in [4.69, 9.17) is 14.2 Å². The monoisotopic (exact) mass is 415 g/mol. The second-order valence-corrected chi connectivity index (χ2v) is 7.90. The van der Waals surface area contributed by atoms with Crippen LogP contribution in [0.3, 0.4) is 0 Å². The van der Waals surface area contributed by atoms with Crippen LogP contribution in [0.1, 0.15) is 44.6 Å². The van der Waals surface area contributed by atoms with E-state index in [1.807, 2.05) is 13.0 Å². The van der Waals surface area contributed by atoms with Crippen LogP contribution >= 0.6 is 0 Å². The molecule has 1 saturated carbocycles. The third-order valence-corrected chi connectivity index (χ3v) is 5.51. The van der Waals surface area contributed by atoms with Crippen molar-refractivity contribution in [3.63, 3.8) is 0 Å². The van der Waals surface area contributed by atoms with Crippen LogP contribution in [-0.2, 0) is 25.6 Å². The third-order valence-electron chi connectivity index (χ3n) is 5.51. The van der Waals surface area contributed by atoms with Crippen molar-refractivity contribution in [2.75, 3.05) is 0 Å². The minimum absolute atomic E-state index is 0.0509. The Balaban J connectivity index is 1.58. The van der Waals surface area contributed by atoms with Gasteiger partial charge in [0.1, 0.15) is 12.7 Å². The van der Waals surface area contributed by atoms with Crippen LogP contribution in [0.2, 0.25) is 0 Å². The molecule has 162 valence electrons. The summed E-state index contributed by atoms with van der Waals surface area (Å²) in [6.45, 7) is 1.97. The molecule has 0 unspecified atom stereocenters. The summed E-state index contributed by atoms with van der Waals surface area (Å²) < 4.78 is 16.0. The lowest BCUT2D eigenvalue weighted by atomic mass is 9.90. The van der Waals surface area contributed by atoms with Crippen LogP contribution in [-0.4, -0.2) is 40.5 Å². The number of rotatable bonds is 3. The summed E-state index contributed by atoms with van der Waals surface area (Å²) in [5.74, 6) is -0.551. The molecular formula is C23H29NO6. The Morgan fingerprint density at radius 1 is 1.33 bits per heavy atom. The molecule has 0 amide bonds. The van der Waals surface area contributed by atoms with Crippen LogP contribution in [0.4, 0.5) is 4.79 Å². The number of cyclic esters (lactones) is 1. The largest absolute Gasteiger partial charge is 0.508 e. The summed E-state index contributed by atoms with van der Waals surface area (Å²) in [4.78, 5) is 28.0. The Bertz CT molecular complexity index is 762.